The van der Waals surface area contributed by atoms with Gasteiger partial charge in [0.25, 0.3) is 0 Å². The number of hydrogen-bond acceptors (Lipinski definition) is 8. The predicted molar refractivity (Wildman–Crippen MR) is 99.6 cm³/mol. The van der Waals surface area contributed by atoms with Gasteiger partial charge in [0.05, 0.1) is 12.6 Å². The molecule has 4 atom stereocenters. The molecule has 8 nitrogen and oxygen atoms in total. The van der Waals surface area contributed by atoms with E-state index in [0.717, 1.165) is 11.1 Å². The molecular formula is C20H23NaO8. The smallest absolute Gasteiger partial charge is 0.547 e. The fourth-order valence-corrected chi connectivity index (χ4v) is 2.04. The molecule has 0 fully saturated rings. The largest absolute Gasteiger partial charge is 1.00 e. The van der Waals surface area contributed by atoms with Crippen molar-refractivity contribution in [2.45, 2.75) is 24.4 Å². The van der Waals surface area contributed by atoms with Crippen LogP contribution in [0.2, 0.25) is 0 Å². The Labute approximate surface area is 190 Å². The third-order valence-electron chi connectivity index (χ3n) is 3.69. The summed E-state index contributed by atoms with van der Waals surface area (Å²) in [7, 11) is 0. The van der Waals surface area contributed by atoms with Crippen molar-refractivity contribution in [2.24, 2.45) is 0 Å². The van der Waals surface area contributed by atoms with E-state index in [9.17, 15) is 15.0 Å². The van der Waals surface area contributed by atoms with E-state index in [1.165, 1.54) is 0 Å². The molecule has 0 aliphatic carbocycles. The maximum Gasteiger partial charge on any atom is 1.00 e. The number of carbonyl (C=O) groups excluding carboxylic acids is 1. The van der Waals surface area contributed by atoms with Crippen LogP contribution < -0.4 is 34.7 Å². The number of aliphatic hydroxyl groups is 5. The molecule has 0 saturated heterocycles. The van der Waals surface area contributed by atoms with Crippen molar-refractivity contribution < 1.29 is 70.1 Å². The standard InChI is InChI=1S/C14H12O.C6H12O7.Na/c15-14-9-5-4-8-13(14)11-10-12-6-2-1-3-7-12;7-1-2(8)3(9)4(10)5(11)6(12)13;/h1-11,15H;2-5,7-11H,1H2,(H,12,13);/q;;+1/p-1. The van der Waals surface area contributed by atoms with Gasteiger partial charge in [0.15, 0.2) is 0 Å². The number of rotatable bonds is 7. The summed E-state index contributed by atoms with van der Waals surface area (Å²) in [6.07, 6.45) is -4.19. The normalized spacial score (nSPS) is 14.7. The number of carboxylic acid groups (broad SMARTS) is 1. The zero-order chi connectivity index (χ0) is 21.1. The van der Waals surface area contributed by atoms with Crippen LogP contribution in [-0.4, -0.2) is 67.6 Å². The number of benzene rings is 2. The summed E-state index contributed by atoms with van der Waals surface area (Å²) in [6, 6.07) is 17.3. The van der Waals surface area contributed by atoms with Gasteiger partial charge in [-0.3, -0.25) is 0 Å². The number of hydrogen-bond donors (Lipinski definition) is 6. The van der Waals surface area contributed by atoms with Gasteiger partial charge in [-0.25, -0.2) is 0 Å². The third-order valence-corrected chi connectivity index (χ3v) is 3.69. The first-order chi connectivity index (χ1) is 13.3. The Bertz CT molecular complexity index is 753. The van der Waals surface area contributed by atoms with Crippen molar-refractivity contribution in [3.8, 4) is 5.75 Å². The molecule has 0 bridgehead atoms. The van der Waals surface area contributed by atoms with E-state index in [1.54, 1.807) is 6.07 Å². The molecule has 0 aliphatic rings. The molecule has 0 radical (unpaired) electrons. The number of aromatic hydroxyl groups is 1. The molecular weight excluding hydrogens is 391 g/mol. The van der Waals surface area contributed by atoms with Crippen molar-refractivity contribution in [1.82, 2.24) is 0 Å². The van der Waals surface area contributed by atoms with Gasteiger partial charge in [0.1, 0.15) is 30.2 Å². The second-order valence-electron chi connectivity index (χ2n) is 5.80. The van der Waals surface area contributed by atoms with Gasteiger partial charge in [-0.2, -0.15) is 0 Å². The van der Waals surface area contributed by atoms with Gasteiger partial charge in [-0.1, -0.05) is 60.7 Å². The molecule has 0 heterocycles. The molecule has 0 saturated carbocycles. The maximum atomic E-state index is 9.98. The average molecular weight is 414 g/mol. The van der Waals surface area contributed by atoms with E-state index in [0.29, 0.717) is 5.75 Å². The number of carboxylic acids is 1. The van der Waals surface area contributed by atoms with Crippen molar-refractivity contribution in [3.05, 3.63) is 65.7 Å². The second-order valence-corrected chi connectivity index (χ2v) is 5.80. The maximum absolute atomic E-state index is 9.98. The first-order valence-corrected chi connectivity index (χ1v) is 8.33. The van der Waals surface area contributed by atoms with E-state index >= 15 is 0 Å². The summed E-state index contributed by atoms with van der Waals surface area (Å²) in [5.74, 6) is -1.67. The van der Waals surface area contributed by atoms with Crippen LogP contribution in [0.1, 0.15) is 11.1 Å². The van der Waals surface area contributed by atoms with Gasteiger partial charge >= 0.3 is 29.6 Å². The van der Waals surface area contributed by atoms with Crippen LogP contribution in [0.5, 0.6) is 5.75 Å². The predicted octanol–water partition coefficient (Wildman–Crippen LogP) is -4.26. The molecule has 152 valence electrons. The summed E-state index contributed by atoms with van der Waals surface area (Å²) in [4.78, 5) is 9.98. The fourth-order valence-electron chi connectivity index (χ4n) is 2.04. The second kappa shape index (κ2) is 14.3. The molecule has 0 aliphatic heterocycles. The Balaban J connectivity index is 0.000000530. The topological polar surface area (TPSA) is 162 Å². The van der Waals surface area contributed by atoms with Crippen molar-refractivity contribution in [1.29, 1.82) is 0 Å². The summed E-state index contributed by atoms with van der Waals surface area (Å²) < 4.78 is 0. The summed E-state index contributed by atoms with van der Waals surface area (Å²) >= 11 is 0. The van der Waals surface area contributed by atoms with Gasteiger partial charge in [-0.05, 0) is 11.6 Å². The quantitative estimate of drug-likeness (QED) is 0.196. The van der Waals surface area contributed by atoms with Gasteiger partial charge in [0.2, 0.25) is 0 Å². The van der Waals surface area contributed by atoms with Crippen LogP contribution in [0.3, 0.4) is 0 Å². The zero-order valence-corrected chi connectivity index (χ0v) is 17.9. The number of phenols is 1. The minimum atomic E-state index is -2.31. The van der Waals surface area contributed by atoms with Crippen LogP contribution >= 0.6 is 0 Å². The van der Waals surface area contributed by atoms with Crippen LogP contribution in [0.4, 0.5) is 0 Å². The molecule has 0 amide bonds. The van der Waals surface area contributed by atoms with E-state index in [2.05, 4.69) is 0 Å². The zero-order valence-electron chi connectivity index (χ0n) is 15.9. The molecule has 0 spiro atoms. The SMILES string of the molecule is O=C([O-])C(O)C(O)C(O)C(O)CO.Oc1ccccc1C=Cc1ccccc1.[Na+]. The van der Waals surface area contributed by atoms with E-state index in [-0.39, 0.29) is 29.6 Å². The van der Waals surface area contributed by atoms with Crippen molar-refractivity contribution in [3.63, 3.8) is 0 Å². The Morgan fingerprint density at radius 1 is 0.897 bits per heavy atom. The minimum Gasteiger partial charge on any atom is -0.547 e. The van der Waals surface area contributed by atoms with Gasteiger partial charge in [-0.15, -0.1) is 0 Å². The van der Waals surface area contributed by atoms with Crippen LogP contribution in [0.15, 0.2) is 54.6 Å². The number of carbonyl (C=O) groups is 1. The Morgan fingerprint density at radius 2 is 1.45 bits per heavy atom. The molecule has 0 aromatic heterocycles. The van der Waals surface area contributed by atoms with Gasteiger partial charge < -0.3 is 40.5 Å². The molecule has 6 N–H and O–H groups in total. The monoisotopic (exact) mass is 414 g/mol. The Morgan fingerprint density at radius 3 is 1.97 bits per heavy atom. The van der Waals surface area contributed by atoms with Crippen molar-refractivity contribution >= 4 is 18.1 Å². The molecule has 2 aromatic rings. The molecule has 2 aromatic carbocycles. The van der Waals surface area contributed by atoms with Crippen LogP contribution in [0.25, 0.3) is 12.2 Å². The van der Waals surface area contributed by atoms with Crippen LogP contribution in [-0.2, 0) is 4.79 Å². The van der Waals surface area contributed by atoms with E-state index in [4.69, 9.17) is 25.5 Å². The summed E-state index contributed by atoms with van der Waals surface area (Å²) in [5, 5.41) is 63.0. The third kappa shape index (κ3) is 9.53. The molecule has 4 unspecified atom stereocenters. The van der Waals surface area contributed by atoms with Gasteiger partial charge in [0, 0.05) is 5.56 Å². The summed E-state index contributed by atoms with van der Waals surface area (Å²) in [5.41, 5.74) is 1.96. The minimum absolute atomic E-state index is 0. The number of para-hydroxylation sites is 1. The number of phenolic OH excluding ortho intramolecular Hbond substituents is 1. The van der Waals surface area contributed by atoms with Crippen LogP contribution in [0, 0.1) is 0 Å². The Kier molecular flexibility index (Phi) is 13.4. The first kappa shape index (κ1) is 27.2. The fraction of sp³-hybridized carbons (Fsp3) is 0.250. The van der Waals surface area contributed by atoms with E-state index in [1.807, 2.05) is 60.7 Å². The first-order valence-electron chi connectivity index (χ1n) is 8.33. The Hall–Kier alpha value is -1.75. The number of aliphatic hydroxyl groups excluding tert-OH is 5. The van der Waals surface area contributed by atoms with E-state index < -0.39 is 37.0 Å². The number of aliphatic carboxylic acids is 1. The van der Waals surface area contributed by atoms with Crippen molar-refractivity contribution in [2.75, 3.05) is 6.61 Å². The molecule has 2 rings (SSSR count). The molecule has 9 heteroatoms. The summed E-state index contributed by atoms with van der Waals surface area (Å²) in [6.45, 7) is -0.863. The average Bonchev–Trinajstić information content (AvgIpc) is 2.72. The molecule has 29 heavy (non-hydrogen) atoms.